The summed E-state index contributed by atoms with van der Waals surface area (Å²) in [5.41, 5.74) is 2.46. The predicted octanol–water partition coefficient (Wildman–Crippen LogP) is -1.67. The van der Waals surface area contributed by atoms with E-state index < -0.39 is 0 Å². The van der Waals surface area contributed by atoms with E-state index in [1.807, 2.05) is 30.3 Å². The van der Waals surface area contributed by atoms with Crippen LogP contribution in [-0.2, 0) is 0 Å². The summed E-state index contributed by atoms with van der Waals surface area (Å²) in [6, 6.07) is 14.5. The van der Waals surface area contributed by atoms with Crippen LogP contribution in [0, 0.1) is 10.8 Å². The second-order valence-corrected chi connectivity index (χ2v) is 3.27. The molecule has 0 aliphatic carbocycles. The van der Waals surface area contributed by atoms with Gasteiger partial charge in [-0.3, -0.25) is 0 Å². The predicted molar refractivity (Wildman–Crippen MR) is 61.4 cm³/mol. The number of benzene rings is 2. The lowest BCUT2D eigenvalue weighted by Gasteiger charge is -1.95. The maximum Gasteiger partial charge on any atom is 0.400 e. The molecule has 2 aromatic carbocycles. The van der Waals surface area contributed by atoms with Gasteiger partial charge in [0.1, 0.15) is 6.07 Å². The van der Waals surface area contributed by atoms with Crippen molar-refractivity contribution in [3.63, 3.8) is 0 Å². The number of diazo groups is 2. The van der Waals surface area contributed by atoms with Gasteiger partial charge in [0.25, 0.3) is 0 Å². The van der Waals surface area contributed by atoms with Crippen LogP contribution in [0.15, 0.2) is 48.5 Å². The van der Waals surface area contributed by atoms with Crippen LogP contribution in [-0.4, -0.2) is 0 Å². The van der Waals surface area contributed by atoms with Gasteiger partial charge in [0.05, 0.1) is 5.56 Å². The zero-order valence-corrected chi connectivity index (χ0v) is 10.7. The Kier molecular flexibility index (Phi) is 6.38. The van der Waals surface area contributed by atoms with E-state index in [-0.39, 0.29) is 24.8 Å². The van der Waals surface area contributed by atoms with Crippen molar-refractivity contribution in [3.8, 4) is 11.1 Å². The summed E-state index contributed by atoms with van der Waals surface area (Å²) in [6.45, 7) is 0. The van der Waals surface area contributed by atoms with Crippen LogP contribution in [0.1, 0.15) is 0 Å². The van der Waals surface area contributed by atoms with Crippen molar-refractivity contribution in [2.75, 3.05) is 0 Å². The van der Waals surface area contributed by atoms with Gasteiger partial charge in [-0.1, -0.05) is 30.3 Å². The fourth-order valence-electron chi connectivity index (χ4n) is 1.53. The average Bonchev–Trinajstić information content (AvgIpc) is 2.39. The van der Waals surface area contributed by atoms with Gasteiger partial charge in [-0.05, 0) is 11.6 Å². The monoisotopic (exact) mass is 278 g/mol. The molecule has 0 spiro atoms. The average molecular weight is 279 g/mol. The summed E-state index contributed by atoms with van der Waals surface area (Å²) in [4.78, 5) is 6.23. The SMILES string of the molecule is N#[N+]c1ccc(-c2ccccc2)c([N+]#N)c1.[Cl-].[Cl-]. The summed E-state index contributed by atoms with van der Waals surface area (Å²) in [6.07, 6.45) is 0. The molecular weight excluding hydrogens is 271 g/mol. The first-order chi connectivity index (χ1) is 7.85. The summed E-state index contributed by atoms with van der Waals surface area (Å²) in [7, 11) is 0. The van der Waals surface area contributed by atoms with E-state index in [1.54, 1.807) is 12.1 Å². The third kappa shape index (κ3) is 3.18. The molecule has 0 aromatic heterocycles. The Labute approximate surface area is 117 Å². The topological polar surface area (TPSA) is 56.3 Å². The van der Waals surface area contributed by atoms with Crippen LogP contribution in [0.25, 0.3) is 21.1 Å². The molecule has 0 aliphatic rings. The van der Waals surface area contributed by atoms with Crippen molar-refractivity contribution in [2.45, 2.75) is 0 Å². The molecule has 0 unspecified atom stereocenters. The molecule has 90 valence electrons. The Balaban J connectivity index is 0.00000144. The Morgan fingerprint density at radius 1 is 0.778 bits per heavy atom. The molecule has 0 bridgehead atoms. The van der Waals surface area contributed by atoms with E-state index in [1.165, 1.54) is 6.07 Å². The first-order valence-corrected chi connectivity index (χ1v) is 4.75. The van der Waals surface area contributed by atoms with Crippen molar-refractivity contribution >= 4 is 11.4 Å². The number of nitrogens with zero attached hydrogens (tertiary/aromatic N) is 4. The maximum absolute atomic E-state index is 8.90. The van der Waals surface area contributed by atoms with Gasteiger partial charge in [-0.25, -0.2) is 0 Å². The highest BCUT2D eigenvalue weighted by Gasteiger charge is 2.20. The standard InChI is InChI=1S/C12H8N4.2ClH/c13-15-10-6-7-11(12(8-10)16-14)9-4-2-1-3-5-9;;/h1-8H;2*1H/q+2;;/p-2. The molecule has 0 N–H and O–H groups in total. The van der Waals surface area contributed by atoms with Gasteiger partial charge in [0, 0.05) is 6.07 Å². The number of halogens is 2. The highest BCUT2D eigenvalue weighted by atomic mass is 35.5. The molecule has 0 atom stereocenters. The van der Waals surface area contributed by atoms with Gasteiger partial charge in [0.2, 0.25) is 10.8 Å². The summed E-state index contributed by atoms with van der Waals surface area (Å²) >= 11 is 0. The molecule has 18 heavy (non-hydrogen) atoms. The lowest BCUT2D eigenvalue weighted by atomic mass is 10.0. The second kappa shape index (κ2) is 7.24. The van der Waals surface area contributed by atoms with Crippen LogP contribution in [0.4, 0.5) is 11.4 Å². The van der Waals surface area contributed by atoms with Crippen molar-refractivity contribution in [2.24, 2.45) is 0 Å². The van der Waals surface area contributed by atoms with E-state index in [9.17, 15) is 0 Å². The lowest BCUT2D eigenvalue weighted by molar-refractivity contribution is -0.00100. The zero-order valence-electron chi connectivity index (χ0n) is 9.16. The van der Waals surface area contributed by atoms with E-state index in [4.69, 9.17) is 10.8 Å². The smallest absolute Gasteiger partial charge is 0.400 e. The first kappa shape index (κ1) is 15.9. The number of hydrogen-bond donors (Lipinski definition) is 0. The number of rotatable bonds is 1. The first-order valence-electron chi connectivity index (χ1n) is 4.75. The molecule has 2 rings (SSSR count). The Hall–Kier alpha value is -2.14. The second-order valence-electron chi connectivity index (χ2n) is 3.27. The third-order valence-electron chi connectivity index (χ3n) is 2.29. The fourth-order valence-corrected chi connectivity index (χ4v) is 1.53. The summed E-state index contributed by atoms with van der Waals surface area (Å²) in [5.74, 6) is 0. The highest BCUT2D eigenvalue weighted by Crippen LogP contribution is 2.33. The number of hydrogen-bond acceptors (Lipinski definition) is 2. The summed E-state index contributed by atoms with van der Waals surface area (Å²) < 4.78 is 0. The van der Waals surface area contributed by atoms with Crippen LogP contribution >= 0.6 is 0 Å². The molecular formula is C12H8Cl2N4. The van der Waals surface area contributed by atoms with Crippen molar-refractivity contribution in [3.05, 3.63) is 58.5 Å². The molecule has 0 amide bonds. The van der Waals surface area contributed by atoms with Crippen molar-refractivity contribution < 1.29 is 24.8 Å². The molecule has 0 saturated carbocycles. The Bertz CT molecular complexity index is 600. The Morgan fingerprint density at radius 3 is 2.00 bits per heavy atom. The molecule has 2 aromatic rings. The van der Waals surface area contributed by atoms with Crippen molar-refractivity contribution in [1.82, 2.24) is 0 Å². The van der Waals surface area contributed by atoms with E-state index >= 15 is 0 Å². The highest BCUT2D eigenvalue weighted by molar-refractivity contribution is 5.81. The molecule has 0 fully saturated rings. The van der Waals surface area contributed by atoms with Gasteiger partial charge >= 0.3 is 11.4 Å². The van der Waals surface area contributed by atoms with Gasteiger partial charge in [-0.2, -0.15) is 0 Å². The largest absolute Gasteiger partial charge is 1.00 e. The minimum absolute atomic E-state index is 0. The van der Waals surface area contributed by atoms with Crippen molar-refractivity contribution in [1.29, 1.82) is 10.8 Å². The van der Waals surface area contributed by atoms with Crippen LogP contribution in [0.5, 0.6) is 0 Å². The van der Waals surface area contributed by atoms with Crippen LogP contribution in [0.3, 0.4) is 0 Å². The molecule has 0 saturated heterocycles. The van der Waals surface area contributed by atoms with Crippen LogP contribution < -0.4 is 24.8 Å². The van der Waals surface area contributed by atoms with E-state index in [0.717, 1.165) is 11.1 Å². The van der Waals surface area contributed by atoms with Gasteiger partial charge in [0.15, 0.2) is 9.95 Å². The molecule has 0 aliphatic heterocycles. The molecule has 0 radical (unpaired) electrons. The normalized spacial score (nSPS) is 8.11. The maximum atomic E-state index is 8.90. The van der Waals surface area contributed by atoms with Gasteiger partial charge in [-0.15, -0.1) is 0 Å². The van der Waals surface area contributed by atoms with E-state index in [0.29, 0.717) is 11.4 Å². The fraction of sp³-hybridized carbons (Fsp3) is 0. The van der Waals surface area contributed by atoms with Crippen LogP contribution in [0.2, 0.25) is 0 Å². The summed E-state index contributed by atoms with van der Waals surface area (Å²) in [5, 5.41) is 17.5. The quantitative estimate of drug-likeness (QED) is 0.586. The minimum Gasteiger partial charge on any atom is -1.00 e. The lowest BCUT2D eigenvalue weighted by Crippen LogP contribution is -3.00. The zero-order chi connectivity index (χ0) is 11.4. The Morgan fingerprint density at radius 2 is 1.44 bits per heavy atom. The molecule has 0 heterocycles. The minimum atomic E-state index is 0. The third-order valence-corrected chi connectivity index (χ3v) is 2.29. The van der Waals surface area contributed by atoms with E-state index in [2.05, 4.69) is 9.95 Å². The van der Waals surface area contributed by atoms with Gasteiger partial charge < -0.3 is 24.8 Å². The molecule has 4 nitrogen and oxygen atoms in total. The molecule has 6 heteroatoms.